The Morgan fingerprint density at radius 2 is 1.17 bits per heavy atom. The Morgan fingerprint density at radius 1 is 0.600 bits per heavy atom. The van der Waals surface area contributed by atoms with Crippen LogP contribution >= 0.6 is 0 Å². The second-order valence-corrected chi connectivity index (χ2v) is 13.3. The second kappa shape index (κ2) is 8.72. The molecule has 0 aromatic rings. The van der Waals surface area contributed by atoms with E-state index in [2.05, 4.69) is 20.8 Å². The summed E-state index contributed by atoms with van der Waals surface area (Å²) in [7, 11) is 0. The smallest absolute Gasteiger partial charge is 0.0745 e. The van der Waals surface area contributed by atoms with Crippen molar-refractivity contribution in [2.45, 2.75) is 142 Å². The molecule has 1 aliphatic heterocycles. The van der Waals surface area contributed by atoms with Crippen LogP contribution in [-0.4, -0.2) is 11.7 Å². The minimum atomic E-state index is 0.222. The van der Waals surface area contributed by atoms with Crippen LogP contribution in [0.4, 0.5) is 0 Å². The minimum Gasteiger partial charge on any atom is -0.371 e. The largest absolute Gasteiger partial charge is 0.371 e. The molecule has 1 heteroatoms. The summed E-state index contributed by atoms with van der Waals surface area (Å²) >= 11 is 0. The lowest BCUT2D eigenvalue weighted by atomic mass is 9.52. The Hall–Kier alpha value is -0.0400. The maximum atomic E-state index is 7.75. The molecule has 0 aromatic carbocycles. The van der Waals surface area contributed by atoms with E-state index in [-0.39, 0.29) is 5.60 Å². The lowest BCUT2D eigenvalue weighted by molar-refractivity contribution is -0.272. The van der Waals surface area contributed by atoms with Gasteiger partial charge in [0.15, 0.2) is 0 Å². The lowest BCUT2D eigenvalue weighted by Crippen LogP contribution is -2.62. The zero-order valence-electron chi connectivity index (χ0n) is 20.5. The number of hydrogen-bond donors (Lipinski definition) is 0. The molecular weight excluding hydrogens is 364 g/mol. The van der Waals surface area contributed by atoms with Gasteiger partial charge in [0.1, 0.15) is 0 Å². The van der Waals surface area contributed by atoms with Gasteiger partial charge in [-0.05, 0) is 92.3 Å². The first kappa shape index (κ1) is 21.8. The van der Waals surface area contributed by atoms with E-state index < -0.39 is 0 Å². The third-order valence-electron chi connectivity index (χ3n) is 10.8. The molecule has 0 amide bonds. The Kier molecular flexibility index (Phi) is 6.33. The summed E-state index contributed by atoms with van der Waals surface area (Å²) in [4.78, 5) is 0. The van der Waals surface area contributed by atoms with Crippen LogP contribution in [0, 0.1) is 40.9 Å². The third-order valence-corrected chi connectivity index (χ3v) is 10.8. The van der Waals surface area contributed by atoms with Gasteiger partial charge in [-0.15, -0.1) is 0 Å². The van der Waals surface area contributed by atoms with Crippen LogP contribution in [0.25, 0.3) is 0 Å². The molecule has 5 rings (SSSR count). The highest BCUT2D eigenvalue weighted by Crippen LogP contribution is 2.60. The summed E-state index contributed by atoms with van der Waals surface area (Å²) in [5, 5.41) is 0. The lowest BCUT2D eigenvalue weighted by Gasteiger charge is -2.62. The van der Waals surface area contributed by atoms with Crippen molar-refractivity contribution in [2.75, 3.05) is 0 Å². The molecule has 5 atom stereocenters. The summed E-state index contributed by atoms with van der Waals surface area (Å²) in [6.07, 6.45) is 25.5. The van der Waals surface area contributed by atoms with Crippen LogP contribution in [0.1, 0.15) is 130 Å². The molecule has 4 aliphatic carbocycles. The molecule has 5 aliphatic rings. The molecule has 4 saturated carbocycles. The van der Waals surface area contributed by atoms with Crippen molar-refractivity contribution in [2.24, 2.45) is 40.9 Å². The van der Waals surface area contributed by atoms with E-state index in [1.807, 2.05) is 0 Å². The highest BCUT2D eigenvalue weighted by atomic mass is 16.5. The second-order valence-electron chi connectivity index (χ2n) is 13.3. The van der Waals surface area contributed by atoms with E-state index >= 15 is 0 Å². The number of rotatable bonds is 2. The van der Waals surface area contributed by atoms with Crippen molar-refractivity contribution in [3.05, 3.63) is 0 Å². The van der Waals surface area contributed by atoms with Crippen molar-refractivity contribution < 1.29 is 4.74 Å². The molecule has 0 radical (unpaired) electrons. The molecule has 0 spiro atoms. The van der Waals surface area contributed by atoms with Gasteiger partial charge in [-0.2, -0.15) is 0 Å². The van der Waals surface area contributed by atoms with Gasteiger partial charge in [0.2, 0.25) is 0 Å². The minimum absolute atomic E-state index is 0.222. The van der Waals surface area contributed by atoms with Gasteiger partial charge in [-0.25, -0.2) is 0 Å². The Balaban J connectivity index is 1.53. The average Bonchev–Trinajstić information content (AvgIpc) is 2.78. The molecule has 1 heterocycles. The monoisotopic (exact) mass is 414 g/mol. The van der Waals surface area contributed by atoms with E-state index in [0.717, 1.165) is 35.5 Å². The molecular formula is C29H50O. The molecule has 30 heavy (non-hydrogen) atoms. The predicted octanol–water partition coefficient (Wildman–Crippen LogP) is 8.55. The first-order valence-electron chi connectivity index (χ1n) is 14.2. The van der Waals surface area contributed by atoms with Crippen LogP contribution in [-0.2, 0) is 4.74 Å². The molecule has 1 saturated heterocycles. The highest BCUT2D eigenvalue weighted by molar-refractivity contribution is 5.08. The van der Waals surface area contributed by atoms with E-state index in [4.69, 9.17) is 4.74 Å². The van der Waals surface area contributed by atoms with E-state index in [0.29, 0.717) is 11.5 Å². The zero-order valence-corrected chi connectivity index (χ0v) is 20.5. The standard InChI is InChI=1S/C29H50O/c1-28(2,3)26-20-29(22-13-6-4-7-14-22,23-15-8-5-9-16-23)30-27-24-17-11-10-12-21(24)18-19-25(26)27/h21-27H,4-20H2,1-3H3. The van der Waals surface area contributed by atoms with Crippen LogP contribution in [0.2, 0.25) is 0 Å². The highest BCUT2D eigenvalue weighted by Gasteiger charge is 2.59. The maximum absolute atomic E-state index is 7.75. The first-order chi connectivity index (χ1) is 14.5. The topological polar surface area (TPSA) is 9.23 Å². The third kappa shape index (κ3) is 3.92. The Labute approximate surface area is 187 Å². The molecule has 0 aromatic heterocycles. The average molecular weight is 415 g/mol. The van der Waals surface area contributed by atoms with Crippen molar-refractivity contribution in [1.82, 2.24) is 0 Å². The van der Waals surface area contributed by atoms with Crippen LogP contribution in [0.5, 0.6) is 0 Å². The number of hydrogen-bond acceptors (Lipinski definition) is 1. The first-order valence-corrected chi connectivity index (χ1v) is 14.2. The molecule has 1 nitrogen and oxygen atoms in total. The number of fused-ring (bicyclic) bond motifs is 3. The van der Waals surface area contributed by atoms with Gasteiger partial charge in [0.05, 0.1) is 11.7 Å². The summed E-state index contributed by atoms with van der Waals surface area (Å²) in [6, 6.07) is 0. The van der Waals surface area contributed by atoms with Gasteiger partial charge in [-0.1, -0.05) is 78.6 Å². The predicted molar refractivity (Wildman–Crippen MR) is 126 cm³/mol. The quantitative estimate of drug-likeness (QED) is 0.440. The molecule has 5 fully saturated rings. The number of ether oxygens (including phenoxy) is 1. The van der Waals surface area contributed by atoms with Gasteiger partial charge >= 0.3 is 0 Å². The van der Waals surface area contributed by atoms with Crippen molar-refractivity contribution >= 4 is 0 Å². The van der Waals surface area contributed by atoms with Gasteiger partial charge in [-0.3, -0.25) is 0 Å². The summed E-state index contributed by atoms with van der Waals surface area (Å²) < 4.78 is 7.75. The van der Waals surface area contributed by atoms with Crippen molar-refractivity contribution in [3.63, 3.8) is 0 Å². The fourth-order valence-corrected chi connectivity index (χ4v) is 9.31. The summed E-state index contributed by atoms with van der Waals surface area (Å²) in [6.45, 7) is 7.71. The van der Waals surface area contributed by atoms with Crippen molar-refractivity contribution in [3.8, 4) is 0 Å². The maximum Gasteiger partial charge on any atom is 0.0745 e. The Bertz CT molecular complexity index is 543. The van der Waals surface area contributed by atoms with Gasteiger partial charge in [0.25, 0.3) is 0 Å². The molecule has 0 bridgehead atoms. The Morgan fingerprint density at radius 3 is 1.77 bits per heavy atom. The van der Waals surface area contributed by atoms with Gasteiger partial charge in [0, 0.05) is 0 Å². The summed E-state index contributed by atoms with van der Waals surface area (Å²) in [5.41, 5.74) is 0.641. The van der Waals surface area contributed by atoms with Crippen molar-refractivity contribution in [1.29, 1.82) is 0 Å². The fourth-order valence-electron chi connectivity index (χ4n) is 9.31. The van der Waals surface area contributed by atoms with E-state index in [1.165, 1.54) is 109 Å². The molecule has 5 unspecified atom stereocenters. The molecule has 0 N–H and O–H groups in total. The van der Waals surface area contributed by atoms with E-state index in [9.17, 15) is 0 Å². The molecule has 172 valence electrons. The zero-order chi connectivity index (χ0) is 20.8. The SMILES string of the molecule is CC(C)(C)C1CC(C2CCCCC2)(C2CCCCC2)OC2C3CCCCC3CCC21. The van der Waals surface area contributed by atoms with Crippen LogP contribution < -0.4 is 0 Å². The normalized spacial score (nSPS) is 41.1. The summed E-state index contributed by atoms with van der Waals surface area (Å²) in [5.74, 6) is 5.27. The van der Waals surface area contributed by atoms with Crippen LogP contribution in [0.15, 0.2) is 0 Å². The fraction of sp³-hybridized carbons (Fsp3) is 1.00. The van der Waals surface area contributed by atoms with Crippen LogP contribution in [0.3, 0.4) is 0 Å². The van der Waals surface area contributed by atoms with E-state index in [1.54, 1.807) is 0 Å². The van der Waals surface area contributed by atoms with Gasteiger partial charge < -0.3 is 4.74 Å².